The van der Waals surface area contributed by atoms with Crippen LogP contribution in [0.5, 0.6) is 17.2 Å². The molecule has 2 aromatic rings. The molecule has 12 heteroatoms. The molecule has 0 bridgehead atoms. The van der Waals surface area contributed by atoms with Crippen LogP contribution in [0, 0.1) is 0 Å². The molecule has 2 atom stereocenters. The van der Waals surface area contributed by atoms with Crippen molar-refractivity contribution in [3.05, 3.63) is 41.4 Å². The maximum Gasteiger partial charge on any atom is 0.263 e. The number of hydrogen-bond acceptors (Lipinski definition) is 9. The monoisotopic (exact) mass is 473 g/mol. The highest BCUT2D eigenvalue weighted by Crippen LogP contribution is 2.35. The Morgan fingerprint density at radius 2 is 1.70 bits per heavy atom. The number of fused-ring (bicyclic) bond motifs is 1. The number of amides is 3. The molecule has 2 aliphatic heterocycles. The van der Waals surface area contributed by atoms with E-state index in [1.807, 2.05) is 0 Å². The van der Waals surface area contributed by atoms with Gasteiger partial charge in [0, 0.05) is 11.8 Å². The summed E-state index contributed by atoms with van der Waals surface area (Å²) >= 11 is 6.14. The molecule has 3 amide bonds. The molecule has 0 spiro atoms. The molecule has 11 nitrogen and oxygen atoms in total. The van der Waals surface area contributed by atoms with Crippen LogP contribution in [-0.4, -0.2) is 62.7 Å². The van der Waals surface area contributed by atoms with Gasteiger partial charge in [-0.2, -0.15) is 5.11 Å². The fraction of sp³-hybridized carbons (Fsp3) is 0.286. The second kappa shape index (κ2) is 8.94. The number of methoxy groups -OCH3 is 3. The van der Waals surface area contributed by atoms with Crippen molar-refractivity contribution >= 4 is 40.7 Å². The highest BCUT2D eigenvalue weighted by atomic mass is 35.5. The zero-order valence-corrected chi connectivity index (χ0v) is 18.7. The lowest BCUT2D eigenvalue weighted by atomic mass is 10.1. The molecule has 33 heavy (non-hydrogen) atoms. The molecular formula is C21H20ClN5O6. The molecule has 0 aromatic heterocycles. The molecule has 1 saturated heterocycles. The summed E-state index contributed by atoms with van der Waals surface area (Å²) in [5.41, 5.74) is 0.754. The number of halogens is 1. The fourth-order valence-electron chi connectivity index (χ4n) is 3.66. The van der Waals surface area contributed by atoms with Crippen molar-refractivity contribution in [2.45, 2.75) is 12.1 Å². The number of benzene rings is 2. The number of rotatable bonds is 7. The molecule has 2 aromatic carbocycles. The van der Waals surface area contributed by atoms with E-state index in [1.54, 1.807) is 30.3 Å². The van der Waals surface area contributed by atoms with Gasteiger partial charge in [-0.1, -0.05) is 16.8 Å². The number of carbonyl (C=O) groups excluding carboxylic acids is 3. The second-order valence-electron chi connectivity index (χ2n) is 7.14. The van der Waals surface area contributed by atoms with Crippen LogP contribution < -0.4 is 24.4 Å². The summed E-state index contributed by atoms with van der Waals surface area (Å²) in [6, 6.07) is 7.41. The van der Waals surface area contributed by atoms with Crippen molar-refractivity contribution in [2.75, 3.05) is 38.1 Å². The van der Waals surface area contributed by atoms with Crippen LogP contribution in [0.1, 0.15) is 0 Å². The first kappa shape index (κ1) is 22.3. The Morgan fingerprint density at radius 1 is 1.00 bits per heavy atom. The third kappa shape index (κ3) is 4.02. The van der Waals surface area contributed by atoms with E-state index >= 15 is 0 Å². The van der Waals surface area contributed by atoms with E-state index in [1.165, 1.54) is 32.4 Å². The molecule has 2 heterocycles. The van der Waals surface area contributed by atoms with E-state index in [2.05, 4.69) is 15.7 Å². The average molecular weight is 474 g/mol. The van der Waals surface area contributed by atoms with Gasteiger partial charge in [-0.15, -0.1) is 0 Å². The zero-order valence-electron chi connectivity index (χ0n) is 17.9. The predicted octanol–water partition coefficient (Wildman–Crippen LogP) is 2.30. The fourth-order valence-corrected chi connectivity index (χ4v) is 3.92. The van der Waals surface area contributed by atoms with Gasteiger partial charge >= 0.3 is 0 Å². The van der Waals surface area contributed by atoms with Gasteiger partial charge in [0.2, 0.25) is 5.91 Å². The first-order chi connectivity index (χ1) is 15.9. The maximum atomic E-state index is 13.1. The standard InChI is InChI=1S/C21H20ClN5O6/c1-31-14-7-5-12(9-13(14)22)27-20(29)18-19(21(27)30)26(25-24-18)10-17(28)23-11-4-6-15(32-2)16(8-11)33-3/h4-9,18-19H,10H2,1-3H3,(H,23,28)/t18-,19-/m0/s1. The highest BCUT2D eigenvalue weighted by molar-refractivity contribution is 6.33. The number of nitrogens with one attached hydrogen (secondary N) is 1. The normalized spacial score (nSPS) is 19.0. The maximum absolute atomic E-state index is 13.1. The molecule has 1 fully saturated rings. The molecule has 0 unspecified atom stereocenters. The Hall–Kier alpha value is -3.86. The van der Waals surface area contributed by atoms with E-state index in [-0.39, 0.29) is 17.3 Å². The van der Waals surface area contributed by atoms with E-state index in [0.29, 0.717) is 22.9 Å². The summed E-state index contributed by atoms with van der Waals surface area (Å²) in [4.78, 5) is 39.5. The van der Waals surface area contributed by atoms with Crippen molar-refractivity contribution in [1.29, 1.82) is 0 Å². The SMILES string of the molecule is COc1ccc(N2C(=O)[C@H]3N=NN(CC(=O)Nc4ccc(OC)c(OC)c4)[C@@H]3C2=O)cc1Cl. The Morgan fingerprint density at radius 3 is 2.36 bits per heavy atom. The van der Waals surface area contributed by atoms with E-state index < -0.39 is 29.8 Å². The van der Waals surface area contributed by atoms with E-state index in [9.17, 15) is 14.4 Å². The Bertz CT molecular complexity index is 1160. The number of carbonyl (C=O) groups is 3. The summed E-state index contributed by atoms with van der Waals surface area (Å²) < 4.78 is 15.5. The van der Waals surface area contributed by atoms with Crippen molar-refractivity contribution in [3.8, 4) is 17.2 Å². The van der Waals surface area contributed by atoms with Crippen LogP contribution in [0.25, 0.3) is 0 Å². The number of nitrogens with zero attached hydrogens (tertiary/aromatic N) is 4. The van der Waals surface area contributed by atoms with Crippen molar-refractivity contribution in [3.63, 3.8) is 0 Å². The molecule has 1 N–H and O–H groups in total. The van der Waals surface area contributed by atoms with Crippen LogP contribution >= 0.6 is 11.6 Å². The van der Waals surface area contributed by atoms with Gasteiger partial charge in [0.1, 0.15) is 12.3 Å². The number of imide groups is 1. The van der Waals surface area contributed by atoms with E-state index in [0.717, 1.165) is 4.90 Å². The second-order valence-corrected chi connectivity index (χ2v) is 7.55. The largest absolute Gasteiger partial charge is 0.495 e. The third-order valence-corrected chi connectivity index (χ3v) is 5.52. The topological polar surface area (TPSA) is 122 Å². The van der Waals surface area contributed by atoms with Crippen LogP contribution in [-0.2, 0) is 14.4 Å². The lowest BCUT2D eigenvalue weighted by molar-refractivity contribution is -0.123. The Labute approximate surface area is 193 Å². The van der Waals surface area contributed by atoms with Crippen LogP contribution in [0.15, 0.2) is 46.7 Å². The summed E-state index contributed by atoms with van der Waals surface area (Å²) in [5.74, 6) is -0.171. The lowest BCUT2D eigenvalue weighted by Crippen LogP contribution is -2.43. The quantitative estimate of drug-likeness (QED) is 0.612. The molecule has 172 valence electrons. The van der Waals surface area contributed by atoms with Gasteiger partial charge in [0.15, 0.2) is 23.6 Å². The molecule has 0 saturated carbocycles. The van der Waals surface area contributed by atoms with E-state index in [4.69, 9.17) is 25.8 Å². The summed E-state index contributed by atoms with van der Waals surface area (Å²) in [7, 11) is 4.45. The van der Waals surface area contributed by atoms with Gasteiger partial charge in [-0.05, 0) is 30.3 Å². The first-order valence-corrected chi connectivity index (χ1v) is 10.2. The molecule has 0 aliphatic carbocycles. The van der Waals surface area contributed by atoms with Crippen molar-refractivity contribution in [1.82, 2.24) is 5.01 Å². The molecule has 4 rings (SSSR count). The Kier molecular flexibility index (Phi) is 6.05. The summed E-state index contributed by atoms with van der Waals surface area (Å²) in [5, 5.41) is 11.9. The van der Waals surface area contributed by atoms with Gasteiger partial charge in [0.25, 0.3) is 11.8 Å². The first-order valence-electron chi connectivity index (χ1n) is 9.78. The number of anilines is 2. The third-order valence-electron chi connectivity index (χ3n) is 5.22. The number of hydrogen-bond donors (Lipinski definition) is 1. The van der Waals surface area contributed by atoms with Crippen LogP contribution in [0.2, 0.25) is 5.02 Å². The van der Waals surface area contributed by atoms with Gasteiger partial charge in [-0.25, -0.2) is 4.90 Å². The molecule has 2 aliphatic rings. The molecular weight excluding hydrogens is 454 g/mol. The average Bonchev–Trinajstić information content (AvgIpc) is 3.32. The minimum atomic E-state index is -1.03. The van der Waals surface area contributed by atoms with Crippen LogP contribution in [0.3, 0.4) is 0 Å². The van der Waals surface area contributed by atoms with Crippen molar-refractivity contribution < 1.29 is 28.6 Å². The highest BCUT2D eigenvalue weighted by Gasteiger charge is 2.55. The lowest BCUT2D eigenvalue weighted by Gasteiger charge is -2.20. The summed E-state index contributed by atoms with van der Waals surface area (Å²) in [6.07, 6.45) is 0. The van der Waals surface area contributed by atoms with Gasteiger partial charge in [-0.3, -0.25) is 19.4 Å². The van der Waals surface area contributed by atoms with Gasteiger partial charge < -0.3 is 19.5 Å². The zero-order chi connectivity index (χ0) is 23.7. The van der Waals surface area contributed by atoms with Crippen LogP contribution in [0.4, 0.5) is 11.4 Å². The smallest absolute Gasteiger partial charge is 0.263 e. The number of ether oxygens (including phenoxy) is 3. The summed E-state index contributed by atoms with van der Waals surface area (Å²) in [6.45, 7) is -0.282. The molecule has 0 radical (unpaired) electrons. The minimum absolute atomic E-state index is 0.250. The van der Waals surface area contributed by atoms with Gasteiger partial charge in [0.05, 0.1) is 32.0 Å². The predicted molar refractivity (Wildman–Crippen MR) is 118 cm³/mol. The Balaban J connectivity index is 1.48. The minimum Gasteiger partial charge on any atom is -0.495 e. The van der Waals surface area contributed by atoms with Crippen molar-refractivity contribution in [2.24, 2.45) is 10.3 Å².